The summed E-state index contributed by atoms with van der Waals surface area (Å²) < 4.78 is 2.36. The van der Waals surface area contributed by atoms with Crippen LogP contribution in [0.2, 0.25) is 0 Å². The molecule has 0 spiro atoms. The van der Waals surface area contributed by atoms with Gasteiger partial charge in [-0.1, -0.05) is 47.6 Å². The Hall–Kier alpha value is -2.18. The quantitative estimate of drug-likeness (QED) is 0.341. The van der Waals surface area contributed by atoms with Crippen LogP contribution in [0.25, 0.3) is 17.1 Å². The summed E-state index contributed by atoms with van der Waals surface area (Å²) in [6.07, 6.45) is 5.09. The Labute approximate surface area is 180 Å². The zero-order valence-electron chi connectivity index (χ0n) is 19.4. The highest BCUT2D eigenvalue weighted by molar-refractivity contribution is 5.91. The zero-order chi connectivity index (χ0) is 22.3. The Morgan fingerprint density at radius 2 is 2.00 bits per heavy atom. The summed E-state index contributed by atoms with van der Waals surface area (Å²) in [5.74, 6) is 1.13. The Morgan fingerprint density at radius 1 is 1.30 bits per heavy atom. The van der Waals surface area contributed by atoms with Crippen molar-refractivity contribution in [3.05, 3.63) is 35.7 Å². The van der Waals surface area contributed by atoms with Crippen molar-refractivity contribution < 1.29 is 10.0 Å². The van der Waals surface area contributed by atoms with Crippen molar-refractivity contribution >= 4 is 23.0 Å². The molecule has 2 N–H and O–H groups in total. The fraction of sp³-hybridized carbons (Fsp3) is 0.583. The maximum atomic E-state index is 11.3. The van der Waals surface area contributed by atoms with Gasteiger partial charge in [-0.15, -0.1) is 0 Å². The van der Waals surface area contributed by atoms with Crippen molar-refractivity contribution in [1.82, 2.24) is 19.9 Å². The molecule has 0 radical (unpaired) electrons. The van der Waals surface area contributed by atoms with Gasteiger partial charge in [-0.3, -0.25) is 10.0 Å². The summed E-state index contributed by atoms with van der Waals surface area (Å²) in [5.41, 5.74) is 4.86. The average Bonchev–Trinajstić information content (AvgIpc) is 3.01. The van der Waals surface area contributed by atoms with Gasteiger partial charge in [0, 0.05) is 25.6 Å². The second-order valence-corrected chi connectivity index (χ2v) is 9.34. The van der Waals surface area contributed by atoms with Crippen molar-refractivity contribution in [3.63, 3.8) is 0 Å². The first-order valence-corrected chi connectivity index (χ1v) is 11.0. The van der Waals surface area contributed by atoms with Crippen LogP contribution < -0.4 is 5.48 Å². The molecule has 0 aliphatic heterocycles. The molecule has 0 bridgehead atoms. The lowest BCUT2D eigenvalue weighted by atomic mass is 9.84. The molecular formula is C24H38N4O2. The van der Waals surface area contributed by atoms with E-state index in [-0.39, 0.29) is 0 Å². The number of imidazole rings is 1. The van der Waals surface area contributed by atoms with E-state index in [1.807, 2.05) is 12.1 Å². The molecule has 1 amide bonds. The van der Waals surface area contributed by atoms with Crippen LogP contribution in [0, 0.1) is 11.3 Å². The van der Waals surface area contributed by atoms with E-state index in [9.17, 15) is 4.79 Å². The summed E-state index contributed by atoms with van der Waals surface area (Å²) in [6, 6.07) is 6.07. The number of nitrogens with zero attached hydrogens (tertiary/aromatic N) is 3. The van der Waals surface area contributed by atoms with Gasteiger partial charge in [-0.25, -0.2) is 10.5 Å². The lowest BCUT2D eigenvalue weighted by Crippen LogP contribution is -2.27. The van der Waals surface area contributed by atoms with Gasteiger partial charge in [0.15, 0.2) is 0 Å². The Morgan fingerprint density at radius 3 is 2.60 bits per heavy atom. The molecular weight excluding hydrogens is 376 g/mol. The molecule has 1 atom stereocenters. The zero-order valence-corrected chi connectivity index (χ0v) is 19.4. The van der Waals surface area contributed by atoms with Gasteiger partial charge in [-0.2, -0.15) is 0 Å². The molecule has 2 rings (SSSR count). The van der Waals surface area contributed by atoms with Crippen LogP contribution in [0.5, 0.6) is 0 Å². The predicted molar refractivity (Wildman–Crippen MR) is 123 cm³/mol. The van der Waals surface area contributed by atoms with E-state index < -0.39 is 5.91 Å². The molecule has 30 heavy (non-hydrogen) atoms. The number of aromatic nitrogens is 2. The third-order valence-corrected chi connectivity index (χ3v) is 5.41. The predicted octanol–water partition coefficient (Wildman–Crippen LogP) is 4.51. The van der Waals surface area contributed by atoms with Crippen molar-refractivity contribution in [2.24, 2.45) is 11.3 Å². The molecule has 0 aliphatic rings. The molecule has 0 aliphatic carbocycles. The first-order valence-electron chi connectivity index (χ1n) is 11.0. The number of likely N-dealkylation sites (N-methyl/N-ethyl adjacent to an activating group) is 1. The van der Waals surface area contributed by atoms with Gasteiger partial charge in [-0.05, 0) is 54.6 Å². The molecule has 0 fully saturated rings. The Kier molecular flexibility index (Phi) is 8.62. The van der Waals surface area contributed by atoms with Crippen molar-refractivity contribution in [2.75, 3.05) is 19.6 Å². The number of fused-ring (bicyclic) bond motifs is 1. The highest BCUT2D eigenvalue weighted by Crippen LogP contribution is 2.28. The SMILES string of the molecule is CCN(CC)CCn1c(CC(C)CC(C)(C)C)nc2cc(/C=C/C(=O)NO)ccc21. The van der Waals surface area contributed by atoms with Crippen LogP contribution in [-0.2, 0) is 17.8 Å². The summed E-state index contributed by atoms with van der Waals surface area (Å²) >= 11 is 0. The standard InChI is InChI=1S/C24H38N4O2/c1-7-27(8-2)13-14-28-21-11-9-19(10-12-23(29)26-30)16-20(21)25-22(28)15-18(3)17-24(4,5)6/h9-12,16,18,30H,7-8,13-15,17H2,1-6H3,(H,26,29)/b12-10+. The lowest BCUT2D eigenvalue weighted by Gasteiger charge is -2.24. The average molecular weight is 415 g/mol. The number of hydroxylamine groups is 1. The molecule has 1 aromatic heterocycles. The monoisotopic (exact) mass is 414 g/mol. The van der Waals surface area contributed by atoms with Crippen LogP contribution in [0.1, 0.15) is 59.4 Å². The number of hydrogen-bond acceptors (Lipinski definition) is 4. The number of amides is 1. The van der Waals surface area contributed by atoms with E-state index in [2.05, 4.69) is 57.1 Å². The first-order chi connectivity index (χ1) is 14.2. The number of carbonyl (C=O) groups excluding carboxylic acids is 1. The van der Waals surface area contributed by atoms with Gasteiger partial charge in [0.2, 0.25) is 0 Å². The first kappa shape index (κ1) is 24.1. The van der Waals surface area contributed by atoms with Gasteiger partial charge in [0.25, 0.3) is 5.91 Å². The summed E-state index contributed by atoms with van der Waals surface area (Å²) in [6.45, 7) is 17.6. The van der Waals surface area contributed by atoms with Gasteiger partial charge >= 0.3 is 0 Å². The van der Waals surface area contributed by atoms with Crippen LogP contribution in [-0.4, -0.2) is 45.2 Å². The fourth-order valence-electron chi connectivity index (χ4n) is 4.13. The molecule has 6 nitrogen and oxygen atoms in total. The lowest BCUT2D eigenvalue weighted by molar-refractivity contribution is -0.124. The molecule has 0 saturated heterocycles. The molecule has 2 aromatic rings. The van der Waals surface area contributed by atoms with Gasteiger partial charge in [0.05, 0.1) is 11.0 Å². The van der Waals surface area contributed by atoms with E-state index in [1.54, 1.807) is 11.6 Å². The number of rotatable bonds is 10. The second-order valence-electron chi connectivity index (χ2n) is 9.34. The molecule has 166 valence electrons. The van der Waals surface area contributed by atoms with Crippen molar-refractivity contribution in [3.8, 4) is 0 Å². The third kappa shape index (κ3) is 6.96. The van der Waals surface area contributed by atoms with Crippen LogP contribution in [0.15, 0.2) is 24.3 Å². The Bertz CT molecular complexity index is 860. The third-order valence-electron chi connectivity index (χ3n) is 5.41. The normalized spacial score (nSPS) is 13.5. The number of hydrogen-bond donors (Lipinski definition) is 2. The highest BCUT2D eigenvalue weighted by atomic mass is 16.5. The smallest absolute Gasteiger partial charge is 0.267 e. The van der Waals surface area contributed by atoms with E-state index in [0.29, 0.717) is 11.3 Å². The number of nitrogens with one attached hydrogen (secondary N) is 1. The topological polar surface area (TPSA) is 70.4 Å². The maximum absolute atomic E-state index is 11.3. The number of benzene rings is 1. The van der Waals surface area contributed by atoms with E-state index >= 15 is 0 Å². The summed E-state index contributed by atoms with van der Waals surface area (Å²) in [7, 11) is 0. The van der Waals surface area contributed by atoms with Crippen molar-refractivity contribution in [2.45, 2.75) is 60.9 Å². The fourth-order valence-corrected chi connectivity index (χ4v) is 4.13. The largest absolute Gasteiger partial charge is 0.327 e. The molecule has 0 saturated carbocycles. The Balaban J connectivity index is 2.36. The van der Waals surface area contributed by atoms with Gasteiger partial charge < -0.3 is 9.47 Å². The molecule has 6 heteroatoms. The minimum absolute atomic E-state index is 0.294. The van der Waals surface area contributed by atoms with Crippen molar-refractivity contribution in [1.29, 1.82) is 0 Å². The van der Waals surface area contributed by atoms with Gasteiger partial charge in [0.1, 0.15) is 5.82 Å². The minimum atomic E-state index is -0.545. The minimum Gasteiger partial charge on any atom is -0.327 e. The van der Waals surface area contributed by atoms with Crippen LogP contribution >= 0.6 is 0 Å². The van der Waals surface area contributed by atoms with E-state index in [4.69, 9.17) is 10.2 Å². The summed E-state index contributed by atoms with van der Waals surface area (Å²) in [5, 5.41) is 8.66. The van der Waals surface area contributed by atoms with E-state index in [1.165, 1.54) is 6.08 Å². The molecule has 1 aromatic carbocycles. The van der Waals surface area contributed by atoms with E-state index in [0.717, 1.165) is 61.4 Å². The highest BCUT2D eigenvalue weighted by Gasteiger charge is 2.19. The second kappa shape index (κ2) is 10.7. The van der Waals surface area contributed by atoms with Crippen LogP contribution in [0.4, 0.5) is 0 Å². The molecule has 1 unspecified atom stereocenters. The number of carbonyl (C=O) groups is 1. The molecule has 1 heterocycles. The van der Waals surface area contributed by atoms with Crippen LogP contribution in [0.3, 0.4) is 0 Å². The maximum Gasteiger partial charge on any atom is 0.267 e. The summed E-state index contributed by atoms with van der Waals surface area (Å²) in [4.78, 5) is 18.7.